The lowest BCUT2D eigenvalue weighted by atomic mass is 9.96. The van der Waals surface area contributed by atoms with Crippen LogP contribution in [0.25, 0.3) is 0 Å². The second-order valence-electron chi connectivity index (χ2n) is 8.58. The third-order valence-corrected chi connectivity index (χ3v) is 5.03. The lowest BCUT2D eigenvalue weighted by Gasteiger charge is -2.35. The fraction of sp³-hybridized carbons (Fsp3) is 0.714. The van der Waals surface area contributed by atoms with Gasteiger partial charge in [0.25, 0.3) is 0 Å². The van der Waals surface area contributed by atoms with Crippen molar-refractivity contribution in [3.05, 3.63) is 23.9 Å². The summed E-state index contributed by atoms with van der Waals surface area (Å²) in [4.78, 5) is 21.6. The van der Waals surface area contributed by atoms with Crippen LogP contribution in [0, 0.1) is 0 Å². The molecule has 5 nitrogen and oxygen atoms in total. The molecule has 1 aliphatic heterocycles. The van der Waals surface area contributed by atoms with E-state index < -0.39 is 5.60 Å². The van der Waals surface area contributed by atoms with E-state index in [2.05, 4.69) is 22.9 Å². The molecule has 0 spiro atoms. The number of carbonyl (C=O) groups is 1. The van der Waals surface area contributed by atoms with Gasteiger partial charge >= 0.3 is 6.09 Å². The Morgan fingerprint density at radius 1 is 1.27 bits per heavy atom. The molecule has 2 fully saturated rings. The maximum Gasteiger partial charge on any atom is 0.416 e. The van der Waals surface area contributed by atoms with E-state index in [1.807, 2.05) is 33.0 Å². The molecule has 1 saturated heterocycles. The van der Waals surface area contributed by atoms with Crippen molar-refractivity contribution in [1.29, 1.82) is 0 Å². The first-order valence-electron chi connectivity index (χ1n) is 10.1. The SMILES string of the molecule is CCCN1CCCC[C@@H]1c1ccc(N(C(=O)OC(C)(C)C)C2CC2)nc1. The first kappa shape index (κ1) is 19.2. The molecule has 2 heterocycles. The van der Waals surface area contributed by atoms with Crippen LogP contribution in [0.15, 0.2) is 18.3 Å². The maximum absolute atomic E-state index is 12.6. The number of hydrogen-bond acceptors (Lipinski definition) is 4. The van der Waals surface area contributed by atoms with Crippen LogP contribution in [-0.4, -0.2) is 40.7 Å². The average Bonchev–Trinajstić information content (AvgIpc) is 3.40. The van der Waals surface area contributed by atoms with Crippen molar-refractivity contribution in [2.24, 2.45) is 0 Å². The van der Waals surface area contributed by atoms with E-state index >= 15 is 0 Å². The normalized spacial score (nSPS) is 21.5. The van der Waals surface area contributed by atoms with Crippen molar-refractivity contribution in [3.8, 4) is 0 Å². The molecule has 1 amide bonds. The molecule has 2 aliphatic rings. The van der Waals surface area contributed by atoms with E-state index in [1.54, 1.807) is 4.90 Å². The van der Waals surface area contributed by atoms with Crippen molar-refractivity contribution in [2.45, 2.75) is 83.9 Å². The standard InChI is InChI=1S/C21H33N3O2/c1-5-13-23-14-7-6-8-18(23)16-9-12-19(22-15-16)24(17-10-11-17)20(25)26-21(2,3)4/h9,12,15,17-18H,5-8,10-11,13-14H2,1-4H3/t18-/m1/s1. The summed E-state index contributed by atoms with van der Waals surface area (Å²) < 4.78 is 5.59. The number of nitrogens with zero attached hydrogens (tertiary/aromatic N) is 3. The highest BCUT2D eigenvalue weighted by Crippen LogP contribution is 2.34. The summed E-state index contributed by atoms with van der Waals surface area (Å²) in [7, 11) is 0. The molecule has 26 heavy (non-hydrogen) atoms. The van der Waals surface area contributed by atoms with Crippen LogP contribution in [0.4, 0.5) is 10.6 Å². The number of anilines is 1. The van der Waals surface area contributed by atoms with E-state index in [0.29, 0.717) is 11.9 Å². The summed E-state index contributed by atoms with van der Waals surface area (Å²) in [6.07, 6.45) is 8.66. The van der Waals surface area contributed by atoms with Crippen LogP contribution in [0.5, 0.6) is 0 Å². The highest BCUT2D eigenvalue weighted by molar-refractivity contribution is 5.88. The number of pyridine rings is 1. The van der Waals surface area contributed by atoms with Gasteiger partial charge in [-0.25, -0.2) is 9.78 Å². The molecular formula is C21H33N3O2. The molecule has 0 N–H and O–H groups in total. The summed E-state index contributed by atoms with van der Waals surface area (Å²) in [6, 6.07) is 4.84. The molecule has 1 aromatic rings. The first-order valence-corrected chi connectivity index (χ1v) is 10.1. The second kappa shape index (κ2) is 7.95. The summed E-state index contributed by atoms with van der Waals surface area (Å²) >= 11 is 0. The number of ether oxygens (including phenoxy) is 1. The molecule has 0 bridgehead atoms. The van der Waals surface area contributed by atoms with Crippen molar-refractivity contribution in [2.75, 3.05) is 18.0 Å². The van der Waals surface area contributed by atoms with Gasteiger partial charge in [-0.1, -0.05) is 19.4 Å². The Bertz CT molecular complexity index is 603. The molecule has 1 aromatic heterocycles. The van der Waals surface area contributed by atoms with Gasteiger partial charge in [-0.2, -0.15) is 0 Å². The number of carbonyl (C=O) groups excluding carboxylic acids is 1. The van der Waals surface area contributed by atoms with Crippen molar-refractivity contribution in [3.63, 3.8) is 0 Å². The van der Waals surface area contributed by atoms with E-state index in [9.17, 15) is 4.79 Å². The zero-order chi connectivity index (χ0) is 18.7. The van der Waals surface area contributed by atoms with Gasteiger partial charge in [0.1, 0.15) is 11.4 Å². The molecule has 0 unspecified atom stereocenters. The lowest BCUT2D eigenvalue weighted by Crippen LogP contribution is -2.39. The first-order chi connectivity index (χ1) is 12.4. The highest BCUT2D eigenvalue weighted by atomic mass is 16.6. The number of piperidine rings is 1. The summed E-state index contributed by atoms with van der Waals surface area (Å²) in [5.41, 5.74) is 0.772. The second-order valence-corrected chi connectivity index (χ2v) is 8.58. The monoisotopic (exact) mass is 359 g/mol. The van der Waals surface area contributed by atoms with Crippen LogP contribution < -0.4 is 4.90 Å². The predicted molar refractivity (Wildman–Crippen MR) is 104 cm³/mol. The molecule has 0 radical (unpaired) electrons. The number of amides is 1. The number of hydrogen-bond donors (Lipinski definition) is 0. The Kier molecular flexibility index (Phi) is 5.86. The lowest BCUT2D eigenvalue weighted by molar-refractivity contribution is 0.0576. The zero-order valence-electron chi connectivity index (χ0n) is 16.7. The summed E-state index contributed by atoms with van der Waals surface area (Å²) in [5, 5.41) is 0. The number of rotatable bonds is 5. The Balaban J connectivity index is 1.75. The highest BCUT2D eigenvalue weighted by Gasteiger charge is 2.37. The van der Waals surface area contributed by atoms with Gasteiger partial charge in [-0.3, -0.25) is 9.80 Å². The molecule has 3 rings (SSSR count). The Labute approximate surface area is 157 Å². The minimum atomic E-state index is -0.493. The van der Waals surface area contributed by atoms with Crippen LogP contribution in [0.3, 0.4) is 0 Å². The van der Waals surface area contributed by atoms with Crippen LogP contribution in [0.1, 0.15) is 77.8 Å². The molecule has 144 valence electrons. The minimum absolute atomic E-state index is 0.231. The quantitative estimate of drug-likeness (QED) is 0.748. The molecule has 5 heteroatoms. The van der Waals surface area contributed by atoms with Gasteiger partial charge in [0.15, 0.2) is 0 Å². The van der Waals surface area contributed by atoms with E-state index in [-0.39, 0.29) is 12.1 Å². The maximum atomic E-state index is 12.6. The molecule has 1 atom stereocenters. The molecule has 1 aliphatic carbocycles. The average molecular weight is 360 g/mol. The Morgan fingerprint density at radius 2 is 2.04 bits per heavy atom. The van der Waals surface area contributed by atoms with Gasteiger partial charge in [-0.05, 0) is 77.6 Å². The topological polar surface area (TPSA) is 45.7 Å². The summed E-state index contributed by atoms with van der Waals surface area (Å²) in [5.74, 6) is 0.711. The predicted octanol–water partition coefficient (Wildman–Crippen LogP) is 4.92. The fourth-order valence-corrected chi connectivity index (χ4v) is 3.73. The third-order valence-electron chi connectivity index (χ3n) is 5.03. The van der Waals surface area contributed by atoms with Gasteiger partial charge in [0, 0.05) is 18.3 Å². The van der Waals surface area contributed by atoms with Gasteiger partial charge < -0.3 is 4.74 Å². The molecule has 1 saturated carbocycles. The van der Waals surface area contributed by atoms with Crippen molar-refractivity contribution in [1.82, 2.24) is 9.88 Å². The number of aromatic nitrogens is 1. The zero-order valence-corrected chi connectivity index (χ0v) is 16.7. The van der Waals surface area contributed by atoms with E-state index in [4.69, 9.17) is 4.74 Å². The smallest absolute Gasteiger partial charge is 0.416 e. The van der Waals surface area contributed by atoms with Gasteiger partial charge in [-0.15, -0.1) is 0 Å². The Morgan fingerprint density at radius 3 is 2.62 bits per heavy atom. The largest absolute Gasteiger partial charge is 0.443 e. The minimum Gasteiger partial charge on any atom is -0.443 e. The van der Waals surface area contributed by atoms with Crippen molar-refractivity contribution < 1.29 is 9.53 Å². The number of likely N-dealkylation sites (tertiary alicyclic amines) is 1. The van der Waals surface area contributed by atoms with Crippen molar-refractivity contribution >= 4 is 11.9 Å². The Hall–Kier alpha value is -1.62. The summed E-state index contributed by atoms with van der Waals surface area (Å²) in [6.45, 7) is 10.2. The van der Waals surface area contributed by atoms with Crippen LogP contribution in [0.2, 0.25) is 0 Å². The van der Waals surface area contributed by atoms with Gasteiger partial charge in [0.05, 0.1) is 0 Å². The van der Waals surface area contributed by atoms with E-state index in [1.165, 1.54) is 37.8 Å². The van der Waals surface area contributed by atoms with E-state index in [0.717, 1.165) is 19.4 Å². The molecule has 0 aromatic carbocycles. The third kappa shape index (κ3) is 4.76. The molecular weight excluding hydrogens is 326 g/mol. The van der Waals surface area contributed by atoms with Crippen LogP contribution in [-0.2, 0) is 4.74 Å². The fourth-order valence-electron chi connectivity index (χ4n) is 3.73. The van der Waals surface area contributed by atoms with Crippen LogP contribution >= 0.6 is 0 Å². The van der Waals surface area contributed by atoms with Gasteiger partial charge in [0.2, 0.25) is 0 Å².